The van der Waals surface area contributed by atoms with Crippen LogP contribution in [0.25, 0.3) is 16.9 Å². The molecule has 4 nitrogen and oxygen atoms in total. The third-order valence-corrected chi connectivity index (χ3v) is 3.28. The molecule has 0 saturated carbocycles. The topological polar surface area (TPSA) is 52.5 Å². The average Bonchev–Trinajstić information content (AvgIpc) is 2.77. The average molecular weight is 288 g/mol. The van der Waals surface area contributed by atoms with Crippen molar-refractivity contribution in [2.45, 2.75) is 6.92 Å². The third kappa shape index (κ3) is 2.08. The molecule has 0 fully saturated rings. The first-order valence-electron chi connectivity index (χ1n) is 6.36. The number of nitrogens with zero attached hydrogens (tertiary/aromatic N) is 2. The number of nitrogens with two attached hydrogens (primary N) is 1. The zero-order valence-corrected chi connectivity index (χ0v) is 11.8. The van der Waals surface area contributed by atoms with Crippen molar-refractivity contribution in [3.63, 3.8) is 0 Å². The number of halogens is 1. The van der Waals surface area contributed by atoms with Gasteiger partial charge in [-0.25, -0.2) is 4.98 Å². The summed E-state index contributed by atoms with van der Waals surface area (Å²) >= 11 is 6.00. The molecule has 5 heteroatoms. The van der Waals surface area contributed by atoms with Crippen molar-refractivity contribution >= 4 is 23.1 Å². The first kappa shape index (κ1) is 12.8. The van der Waals surface area contributed by atoms with Crippen molar-refractivity contribution in [2.75, 3.05) is 12.3 Å². The van der Waals surface area contributed by atoms with Crippen molar-refractivity contribution in [1.29, 1.82) is 0 Å². The van der Waals surface area contributed by atoms with Crippen molar-refractivity contribution < 1.29 is 4.74 Å². The summed E-state index contributed by atoms with van der Waals surface area (Å²) in [6.45, 7) is 2.54. The Kier molecular flexibility index (Phi) is 3.24. The van der Waals surface area contributed by atoms with Crippen LogP contribution in [-0.4, -0.2) is 16.0 Å². The molecule has 0 aliphatic heterocycles. The van der Waals surface area contributed by atoms with Gasteiger partial charge in [0.1, 0.15) is 22.9 Å². The van der Waals surface area contributed by atoms with Crippen molar-refractivity contribution in [3.8, 4) is 17.0 Å². The van der Waals surface area contributed by atoms with Gasteiger partial charge in [-0.2, -0.15) is 0 Å². The van der Waals surface area contributed by atoms with Crippen LogP contribution in [0.3, 0.4) is 0 Å². The van der Waals surface area contributed by atoms with Crippen LogP contribution >= 0.6 is 11.6 Å². The van der Waals surface area contributed by atoms with Gasteiger partial charge in [-0.15, -0.1) is 0 Å². The van der Waals surface area contributed by atoms with Gasteiger partial charge in [0.2, 0.25) is 0 Å². The third-order valence-electron chi connectivity index (χ3n) is 3.06. The highest BCUT2D eigenvalue weighted by Crippen LogP contribution is 2.34. The molecule has 1 aromatic carbocycles. The number of hydrogen-bond donors (Lipinski definition) is 1. The lowest BCUT2D eigenvalue weighted by atomic mass is 10.1. The molecule has 0 spiro atoms. The standard InChI is InChI=1S/C15H14ClN3O/c1-2-20-12-6-4-3-5-11(12)14-15(17)19-9-10(16)7-8-13(19)18-14/h3-9H,2,17H2,1H3. The largest absolute Gasteiger partial charge is 0.493 e. The Labute approximate surface area is 121 Å². The van der Waals surface area contributed by atoms with E-state index in [9.17, 15) is 0 Å². The van der Waals surface area contributed by atoms with E-state index in [1.54, 1.807) is 16.7 Å². The van der Waals surface area contributed by atoms with E-state index in [-0.39, 0.29) is 0 Å². The van der Waals surface area contributed by atoms with Gasteiger partial charge in [-0.3, -0.25) is 4.40 Å². The van der Waals surface area contributed by atoms with Crippen molar-refractivity contribution in [2.24, 2.45) is 0 Å². The van der Waals surface area contributed by atoms with Crippen molar-refractivity contribution in [1.82, 2.24) is 9.38 Å². The predicted molar refractivity (Wildman–Crippen MR) is 81.2 cm³/mol. The number of ether oxygens (including phenoxy) is 1. The normalized spacial score (nSPS) is 10.9. The van der Waals surface area contributed by atoms with E-state index in [0.717, 1.165) is 17.0 Å². The van der Waals surface area contributed by atoms with Crippen LogP contribution in [0.4, 0.5) is 5.82 Å². The quantitative estimate of drug-likeness (QED) is 0.800. The Morgan fingerprint density at radius 2 is 2.05 bits per heavy atom. The van der Waals surface area contributed by atoms with Gasteiger partial charge in [0.25, 0.3) is 0 Å². The maximum Gasteiger partial charge on any atom is 0.139 e. The number of pyridine rings is 1. The van der Waals surface area contributed by atoms with Crippen LogP contribution in [0.2, 0.25) is 5.02 Å². The number of benzene rings is 1. The Hall–Kier alpha value is -2.20. The van der Waals surface area contributed by atoms with Crippen LogP contribution in [0.15, 0.2) is 42.6 Å². The number of para-hydroxylation sites is 1. The summed E-state index contributed by atoms with van der Waals surface area (Å²) in [4.78, 5) is 4.57. The molecule has 0 atom stereocenters. The summed E-state index contributed by atoms with van der Waals surface area (Å²) in [7, 11) is 0. The molecule has 20 heavy (non-hydrogen) atoms. The fourth-order valence-electron chi connectivity index (χ4n) is 2.18. The molecule has 102 valence electrons. The van der Waals surface area contributed by atoms with Gasteiger partial charge in [0.05, 0.1) is 11.6 Å². The fraction of sp³-hybridized carbons (Fsp3) is 0.133. The fourth-order valence-corrected chi connectivity index (χ4v) is 2.34. The van der Waals surface area contributed by atoms with E-state index in [0.29, 0.717) is 23.1 Å². The number of hydrogen-bond acceptors (Lipinski definition) is 3. The first-order chi connectivity index (χ1) is 9.70. The molecule has 0 amide bonds. The summed E-state index contributed by atoms with van der Waals surface area (Å²) in [5.41, 5.74) is 8.53. The van der Waals surface area contributed by atoms with E-state index in [2.05, 4.69) is 4.98 Å². The molecular weight excluding hydrogens is 274 g/mol. The lowest BCUT2D eigenvalue weighted by Crippen LogP contribution is -1.97. The number of nitrogen functional groups attached to an aromatic ring is 1. The minimum atomic E-state index is 0.551. The minimum absolute atomic E-state index is 0.551. The first-order valence-corrected chi connectivity index (χ1v) is 6.73. The van der Waals surface area contributed by atoms with E-state index in [1.807, 2.05) is 37.3 Å². The number of aromatic nitrogens is 2. The molecule has 3 aromatic rings. The van der Waals surface area contributed by atoms with Gasteiger partial charge in [0.15, 0.2) is 0 Å². The van der Waals surface area contributed by atoms with E-state index in [1.165, 1.54) is 0 Å². The van der Waals surface area contributed by atoms with Crippen LogP contribution in [0.5, 0.6) is 5.75 Å². The Morgan fingerprint density at radius 1 is 1.25 bits per heavy atom. The number of fused-ring (bicyclic) bond motifs is 1. The summed E-state index contributed by atoms with van der Waals surface area (Å²) in [6, 6.07) is 11.4. The molecule has 0 unspecified atom stereocenters. The predicted octanol–water partition coefficient (Wildman–Crippen LogP) is 3.64. The second-order valence-corrected chi connectivity index (χ2v) is 4.79. The lowest BCUT2D eigenvalue weighted by Gasteiger charge is -2.08. The molecule has 0 bridgehead atoms. The van der Waals surface area contributed by atoms with E-state index < -0.39 is 0 Å². The molecule has 2 aromatic heterocycles. The van der Waals surface area contributed by atoms with Crippen molar-refractivity contribution in [3.05, 3.63) is 47.6 Å². The SMILES string of the molecule is CCOc1ccccc1-c1nc2ccc(Cl)cn2c1N. The number of imidazole rings is 1. The Bertz CT molecular complexity index is 767. The molecule has 0 saturated heterocycles. The van der Waals surface area contributed by atoms with Gasteiger partial charge in [-0.05, 0) is 31.2 Å². The maximum atomic E-state index is 6.19. The second-order valence-electron chi connectivity index (χ2n) is 4.35. The zero-order valence-electron chi connectivity index (χ0n) is 11.0. The minimum Gasteiger partial charge on any atom is -0.493 e. The van der Waals surface area contributed by atoms with Gasteiger partial charge in [0, 0.05) is 11.8 Å². The smallest absolute Gasteiger partial charge is 0.139 e. The summed E-state index contributed by atoms with van der Waals surface area (Å²) in [6.07, 6.45) is 1.76. The molecular formula is C15H14ClN3O. The Balaban J connectivity index is 2.22. The summed E-state index contributed by atoms with van der Waals surface area (Å²) in [5.74, 6) is 1.32. The van der Waals surface area contributed by atoms with E-state index >= 15 is 0 Å². The van der Waals surface area contributed by atoms with Crippen LogP contribution in [0.1, 0.15) is 6.92 Å². The molecule has 0 aliphatic rings. The molecule has 0 aliphatic carbocycles. The van der Waals surface area contributed by atoms with Gasteiger partial charge in [-0.1, -0.05) is 23.7 Å². The highest BCUT2D eigenvalue weighted by molar-refractivity contribution is 6.30. The van der Waals surface area contributed by atoms with Crippen LogP contribution < -0.4 is 10.5 Å². The summed E-state index contributed by atoms with van der Waals surface area (Å²) in [5, 5.41) is 0.617. The second kappa shape index (κ2) is 5.06. The lowest BCUT2D eigenvalue weighted by molar-refractivity contribution is 0.341. The molecule has 3 rings (SSSR count). The monoisotopic (exact) mass is 287 g/mol. The van der Waals surface area contributed by atoms with Crippen LogP contribution in [0, 0.1) is 0 Å². The maximum absolute atomic E-state index is 6.19. The zero-order chi connectivity index (χ0) is 14.1. The number of rotatable bonds is 3. The number of anilines is 1. The summed E-state index contributed by atoms with van der Waals surface area (Å²) < 4.78 is 7.41. The molecule has 2 N–H and O–H groups in total. The molecule has 0 radical (unpaired) electrons. The van der Waals surface area contributed by atoms with Gasteiger partial charge < -0.3 is 10.5 Å². The highest BCUT2D eigenvalue weighted by Gasteiger charge is 2.15. The van der Waals surface area contributed by atoms with E-state index in [4.69, 9.17) is 22.1 Å². The molecule has 2 heterocycles. The Morgan fingerprint density at radius 3 is 2.85 bits per heavy atom. The van der Waals surface area contributed by atoms with Gasteiger partial charge >= 0.3 is 0 Å². The van der Waals surface area contributed by atoms with Crippen LogP contribution in [-0.2, 0) is 0 Å². The highest BCUT2D eigenvalue weighted by atomic mass is 35.5.